The molecule has 0 radical (unpaired) electrons. The zero-order valence-electron chi connectivity index (χ0n) is 67.3. The van der Waals surface area contributed by atoms with E-state index >= 15 is 0 Å². The van der Waals surface area contributed by atoms with Gasteiger partial charge < -0.3 is 146 Å². The summed E-state index contributed by atoms with van der Waals surface area (Å²) >= 11 is 33.6. The number of nitrogens with one attached hydrogen (secondary N) is 3. The van der Waals surface area contributed by atoms with E-state index < -0.39 is 206 Å². The van der Waals surface area contributed by atoms with E-state index in [9.17, 15) is 48.5 Å². The fraction of sp³-hybridized carbons (Fsp3) is 0.532. The molecule has 24 atom stereocenters. The molecule has 6 aliphatic rings. The second-order valence-electron chi connectivity index (χ2n) is 29.9. The summed E-state index contributed by atoms with van der Waals surface area (Å²) < 4.78 is 119. The van der Waals surface area contributed by atoms with Gasteiger partial charge in [0.15, 0.2) is 56.4 Å². The lowest BCUT2D eigenvalue weighted by Gasteiger charge is -2.28. The van der Waals surface area contributed by atoms with Crippen molar-refractivity contribution in [3.05, 3.63) is 97.6 Å². The van der Waals surface area contributed by atoms with Gasteiger partial charge in [-0.25, -0.2) is 49.7 Å². The minimum absolute atomic E-state index is 0.0112. The first-order valence-corrected chi connectivity index (χ1v) is 54.3. The van der Waals surface area contributed by atoms with Crippen LogP contribution in [0.3, 0.4) is 0 Å². The molecule has 12 unspecified atom stereocenters. The van der Waals surface area contributed by atoms with Crippen molar-refractivity contribution in [1.29, 1.82) is 0 Å². The number of aromatic nitrogens is 22. The van der Waals surface area contributed by atoms with Gasteiger partial charge >= 0.3 is 46.0 Å². The van der Waals surface area contributed by atoms with Crippen molar-refractivity contribution in [3.63, 3.8) is 0 Å². The highest BCUT2D eigenvalue weighted by Gasteiger charge is 2.51. The first-order valence-electron chi connectivity index (χ1n) is 38.8. The van der Waals surface area contributed by atoms with E-state index in [1.807, 2.05) is 6.92 Å². The zero-order valence-corrected chi connectivity index (χ0v) is 77.5. The number of nitrogens with two attached hydrogens (primary N) is 6. The van der Waals surface area contributed by atoms with E-state index in [-0.39, 0.29) is 130 Å². The summed E-state index contributed by atoms with van der Waals surface area (Å²) in [6.07, 6.45) is -11.2. The molecule has 702 valence electrons. The molecule has 0 aromatic carbocycles. The normalized spacial score (nSPS) is 28.9. The van der Waals surface area contributed by atoms with Gasteiger partial charge in [-0.3, -0.25) is 56.7 Å². The van der Waals surface area contributed by atoms with E-state index in [2.05, 4.69) is 79.7 Å². The molecule has 6 saturated heterocycles. The second kappa shape index (κ2) is 37.5. The highest BCUT2D eigenvalue weighted by molar-refractivity contribution is 8.08. The van der Waals surface area contributed by atoms with Gasteiger partial charge in [-0.2, -0.15) is 19.9 Å². The number of hydrogen-bond donors (Lipinski definition) is 15. The summed E-state index contributed by atoms with van der Waals surface area (Å²) in [4.78, 5) is 185. The fourth-order valence-electron chi connectivity index (χ4n) is 15.5. The Morgan fingerprint density at radius 1 is 0.369 bits per heavy atom. The predicted octanol–water partition coefficient (Wildman–Crippen LogP) is 0.601. The van der Waals surface area contributed by atoms with Crippen molar-refractivity contribution in [2.45, 2.75) is 169 Å². The summed E-state index contributed by atoms with van der Waals surface area (Å²) in [5, 5.41) is 0. The number of H-pyrrole nitrogens is 3. The van der Waals surface area contributed by atoms with E-state index in [1.54, 1.807) is 6.92 Å². The summed E-state index contributed by atoms with van der Waals surface area (Å²) in [7, 11) is 1.13. The van der Waals surface area contributed by atoms with Crippen LogP contribution in [0, 0.1) is 6.92 Å². The Bertz CT molecular complexity index is 6740. The molecular formula is C62H80N28O28P6S6. The van der Waals surface area contributed by atoms with Gasteiger partial charge in [0.25, 0.3) is 16.7 Å². The molecule has 0 saturated carbocycles. The van der Waals surface area contributed by atoms with E-state index in [1.165, 1.54) is 73.3 Å². The van der Waals surface area contributed by atoms with Crippen LogP contribution in [-0.2, 0) is 154 Å². The lowest BCUT2D eigenvalue weighted by Crippen LogP contribution is -2.32. The Kier molecular flexibility index (Phi) is 27.2. The van der Waals surface area contributed by atoms with Crippen LogP contribution in [0.5, 0.6) is 0 Å². The van der Waals surface area contributed by atoms with E-state index in [4.69, 9.17) is 188 Å². The standard InChI is InChI=1S/C62H80N28O28P6S6/c1-4-25-26(5-40(107-25)88-21-75-45-53(88)79-59(66)82-56(45)91)114-120(96,126)102-14-34-29(8-38(109-34)86-19-73-43-49(64)69-17-71-51(43)86)116-123(99,129)105-15-35-30(9-39(110-35)87-20-74-44-50(65)70-18-72-52(44)87)117-124(100,130)106-16-36-31(10-42(112-36)90-23-77-47-55(90)81-61(68)84-58(47)93)118-122(98,128)104-13-33-28(6-37(108-33)85-11-24(2)48(63)78-62(85)94)115-121(97,127)103-12-32-27(113-119(95,125)101-3)7-41(111-32)89-22-76-46-54(89)80-60(67)83-57(46)92/h11,17-23,25-42H,4-10,12-16H2,1-3H3,(H,95,125)(H,96,126)(H,97,127)(H,98,128)(H,99,129)(H,100,130)(H2,63,78,94)(H2,64,69,71)(H2,65,70,72)(H3,66,79,82,91)(H3,67,80,83,92)(H3,68,81,84,93)/t25-,26?,27?,28?,29?,30?,31?,32-,33-,34-,35-,36-,37-,38-,39-,40-,41-,42-,119?,120?,121?,122?,123?,124?/m1/s1. The van der Waals surface area contributed by atoms with Crippen LogP contribution in [0.25, 0.3) is 55.8 Å². The minimum atomic E-state index is -4.67. The van der Waals surface area contributed by atoms with Crippen LogP contribution in [0.4, 0.5) is 35.3 Å². The Morgan fingerprint density at radius 2 is 0.631 bits per heavy atom. The number of rotatable bonds is 35. The maximum absolute atomic E-state index is 13.5. The van der Waals surface area contributed by atoms with Crippen LogP contribution >= 0.6 is 40.3 Å². The molecule has 6 fully saturated rings. The average molecular weight is 2040 g/mol. The Labute approximate surface area is 758 Å². The lowest BCUT2D eigenvalue weighted by molar-refractivity contribution is -0.0561. The average Bonchev–Trinajstić information content (AvgIpc) is 1.67. The first-order chi connectivity index (χ1) is 61.6. The van der Waals surface area contributed by atoms with Crippen LogP contribution in [0.15, 0.2) is 69.7 Å². The number of aromatic amines is 3. The number of hydrogen-bond acceptors (Lipinski definition) is 47. The van der Waals surface area contributed by atoms with Crippen molar-refractivity contribution in [2.24, 2.45) is 0 Å². The third kappa shape index (κ3) is 20.5. The summed E-state index contributed by atoms with van der Waals surface area (Å²) in [6, 6.07) is 0. The van der Waals surface area contributed by atoms with Crippen molar-refractivity contribution >= 4 is 202 Å². The van der Waals surface area contributed by atoms with Crippen LogP contribution in [0.2, 0.25) is 0 Å². The van der Waals surface area contributed by atoms with Crippen molar-refractivity contribution < 1.29 is 112 Å². The lowest BCUT2D eigenvalue weighted by atomic mass is 10.1. The van der Waals surface area contributed by atoms with Gasteiger partial charge in [0.05, 0.1) is 107 Å². The van der Waals surface area contributed by atoms with Gasteiger partial charge in [-0.15, -0.1) is 0 Å². The molecule has 0 bridgehead atoms. The quantitative estimate of drug-likeness (QED) is 0.0242. The third-order valence-electron chi connectivity index (χ3n) is 21.5. The predicted molar refractivity (Wildman–Crippen MR) is 471 cm³/mol. The molecule has 56 nitrogen and oxygen atoms in total. The topological polar surface area (TPSA) is 756 Å². The molecule has 68 heteroatoms. The molecule has 0 amide bonds. The molecule has 11 aromatic rings. The number of aryl methyl sites for hydroxylation is 1. The van der Waals surface area contributed by atoms with Gasteiger partial charge in [-0.1, -0.05) is 6.92 Å². The molecule has 130 heavy (non-hydrogen) atoms. The molecule has 17 heterocycles. The Balaban J connectivity index is 0.590. The maximum atomic E-state index is 13.5. The third-order valence-corrected chi connectivity index (χ3v) is 31.1. The van der Waals surface area contributed by atoms with Gasteiger partial charge in [0, 0.05) is 57.4 Å². The van der Waals surface area contributed by atoms with Gasteiger partial charge in [0.1, 0.15) is 97.4 Å². The largest absolute Gasteiger partial charge is 0.383 e. The van der Waals surface area contributed by atoms with Crippen LogP contribution in [0.1, 0.15) is 94.8 Å². The van der Waals surface area contributed by atoms with E-state index in [0.29, 0.717) is 12.0 Å². The van der Waals surface area contributed by atoms with Crippen LogP contribution < -0.4 is 56.8 Å². The summed E-state index contributed by atoms with van der Waals surface area (Å²) in [5.74, 6) is -0.681. The highest BCUT2D eigenvalue weighted by Crippen LogP contribution is 2.58. The zero-order chi connectivity index (χ0) is 92.2. The number of ether oxygens (including phenoxy) is 6. The molecule has 11 aromatic heterocycles. The summed E-state index contributed by atoms with van der Waals surface area (Å²) in [6.45, 7) is -26.5. The number of imidazole rings is 5. The minimum Gasteiger partial charge on any atom is -0.383 e. The van der Waals surface area contributed by atoms with E-state index in [0.717, 1.165) is 11.7 Å². The molecule has 21 N–H and O–H groups in total. The fourth-order valence-corrected chi connectivity index (χ4v) is 23.8. The monoisotopic (exact) mass is 2040 g/mol. The number of fused-ring (bicyclic) bond motifs is 5. The molecule has 17 rings (SSSR count). The Morgan fingerprint density at radius 3 is 0.923 bits per heavy atom. The second-order valence-corrected chi connectivity index (χ2v) is 46.8. The number of nitrogen functional groups attached to an aromatic ring is 6. The van der Waals surface area contributed by atoms with Gasteiger partial charge in [0.2, 0.25) is 17.8 Å². The number of anilines is 6. The molecule has 6 aliphatic heterocycles. The molecule has 0 spiro atoms. The first kappa shape index (κ1) is 94.5. The van der Waals surface area contributed by atoms with Crippen molar-refractivity contribution in [3.8, 4) is 0 Å². The maximum Gasteiger partial charge on any atom is 0.351 e. The summed E-state index contributed by atoms with van der Waals surface area (Å²) in [5.41, 5.74) is 34.5. The SMILES string of the molecule is CC[C@H]1O[C@@H](n2cnc3c(=O)[nH]c(N)nc32)CC1OP(O)(=S)OC[C@H]1O[C@@H](n2cnc3c(N)ncnc32)CC1OP(O)(=S)OC[C@H]1O[C@@H](n2cnc3c(N)ncnc32)CC1OP(O)(=S)OC[C@H]1O[C@@H](n2cnc3c(=O)[nH]c(N)nc32)CC1OP(O)(=S)OC[C@H]1O[C@@H](n2cc(C)c(N)nc2=O)CC1OP(O)(=S)OC[C@H]1O[C@@H](n2cnc3c(=O)[nH]c(N)nc32)CC1OP(O)(=S)OC. The van der Waals surface area contributed by atoms with Crippen molar-refractivity contribution in [1.82, 2.24) is 107 Å². The smallest absolute Gasteiger partial charge is 0.351 e. The van der Waals surface area contributed by atoms with Crippen molar-refractivity contribution in [2.75, 3.05) is 74.5 Å². The molecular weight excluding hydrogens is 1960 g/mol. The van der Waals surface area contributed by atoms with Crippen LogP contribution in [-0.4, -0.2) is 250 Å². The Hall–Kier alpha value is -7.23. The molecule has 0 aliphatic carbocycles. The van der Waals surface area contributed by atoms with Gasteiger partial charge in [-0.05, 0) is 84.2 Å². The number of nitrogens with zero attached hydrogens (tertiary/aromatic N) is 19. The highest BCUT2D eigenvalue weighted by atomic mass is 32.5.